The van der Waals surface area contributed by atoms with E-state index in [1.165, 1.54) is 0 Å². The summed E-state index contributed by atoms with van der Waals surface area (Å²) in [6, 6.07) is 2.04. The monoisotopic (exact) mass is 313 g/mol. The fraction of sp³-hybridized carbons (Fsp3) is 0.588. The summed E-state index contributed by atoms with van der Waals surface area (Å²) in [6.45, 7) is 8.84. The Bertz CT molecular complexity index is 769. The Hall–Kier alpha value is -2.11. The lowest BCUT2D eigenvalue weighted by molar-refractivity contribution is -0.153. The summed E-state index contributed by atoms with van der Waals surface area (Å²) in [4.78, 5) is 29.0. The van der Waals surface area contributed by atoms with Gasteiger partial charge in [-0.2, -0.15) is 0 Å². The molecule has 0 saturated carbocycles. The molecule has 0 unspecified atom stereocenters. The first-order chi connectivity index (χ1) is 11.0. The van der Waals surface area contributed by atoms with Gasteiger partial charge in [-0.3, -0.25) is 4.79 Å². The van der Waals surface area contributed by atoms with Crippen LogP contribution in [0.3, 0.4) is 0 Å². The molecule has 122 valence electrons. The van der Waals surface area contributed by atoms with Crippen LogP contribution < -0.4 is 4.90 Å². The van der Waals surface area contributed by atoms with Crippen LogP contribution in [-0.4, -0.2) is 50.9 Å². The van der Waals surface area contributed by atoms with Crippen LogP contribution in [0.4, 0.5) is 5.82 Å². The molecule has 2 aromatic heterocycles. The second-order valence-corrected chi connectivity index (χ2v) is 6.87. The van der Waals surface area contributed by atoms with Crippen LogP contribution in [0.2, 0.25) is 0 Å². The molecular formula is C17H23N5O. The second kappa shape index (κ2) is 4.94. The van der Waals surface area contributed by atoms with Crippen LogP contribution in [-0.2, 0) is 4.79 Å². The maximum atomic E-state index is 12.2. The summed E-state index contributed by atoms with van der Waals surface area (Å²) >= 11 is 0. The molecule has 0 radical (unpaired) electrons. The van der Waals surface area contributed by atoms with Crippen molar-refractivity contribution in [2.75, 3.05) is 24.5 Å². The summed E-state index contributed by atoms with van der Waals surface area (Å²) in [6.07, 6.45) is 3.52. The molecule has 6 nitrogen and oxygen atoms in total. The van der Waals surface area contributed by atoms with Crippen molar-refractivity contribution in [3.05, 3.63) is 18.1 Å². The molecule has 4 heterocycles. The molecule has 1 N–H and O–H groups in total. The number of hydrogen-bond donors (Lipinski definition) is 1. The van der Waals surface area contributed by atoms with E-state index >= 15 is 0 Å². The van der Waals surface area contributed by atoms with Gasteiger partial charge >= 0.3 is 0 Å². The molecule has 0 bridgehead atoms. The number of rotatable bonds is 2. The number of H-pyrrole nitrogens is 1. The molecule has 4 rings (SSSR count). The fourth-order valence-corrected chi connectivity index (χ4v) is 4.22. The highest BCUT2D eigenvalue weighted by Crippen LogP contribution is 2.45. The van der Waals surface area contributed by atoms with E-state index in [1.807, 2.05) is 26.1 Å². The molecule has 2 aromatic rings. The minimum absolute atomic E-state index is 0.00538. The van der Waals surface area contributed by atoms with E-state index in [1.54, 1.807) is 0 Å². The number of fused-ring (bicyclic) bond motifs is 1. The standard InChI is InChI=1S/C17H23N5O/c1-4-14(23)22-9-11(2)17(22)6-8-21(10-17)16-13-5-7-18-15(13)19-12(3)20-16/h5,7,11H,4,6,8-10H2,1-3H3,(H,18,19,20)/t11-,17-/m0/s1. The number of carbonyl (C=O) groups is 1. The van der Waals surface area contributed by atoms with Crippen molar-refractivity contribution in [3.63, 3.8) is 0 Å². The van der Waals surface area contributed by atoms with Gasteiger partial charge in [-0.05, 0) is 25.3 Å². The van der Waals surface area contributed by atoms with Gasteiger partial charge in [0.15, 0.2) is 0 Å². The van der Waals surface area contributed by atoms with Crippen LogP contribution in [0.15, 0.2) is 12.3 Å². The average Bonchev–Trinajstić information content (AvgIpc) is 3.18. The molecule has 1 spiro atoms. The number of carbonyl (C=O) groups excluding carboxylic acids is 1. The lowest BCUT2D eigenvalue weighted by Gasteiger charge is -2.56. The van der Waals surface area contributed by atoms with Crippen molar-refractivity contribution >= 4 is 22.8 Å². The van der Waals surface area contributed by atoms with E-state index < -0.39 is 0 Å². The quantitative estimate of drug-likeness (QED) is 0.922. The Morgan fingerprint density at radius 3 is 3.04 bits per heavy atom. The topological polar surface area (TPSA) is 65.1 Å². The highest BCUT2D eigenvalue weighted by atomic mass is 16.2. The van der Waals surface area contributed by atoms with E-state index in [9.17, 15) is 4.79 Å². The van der Waals surface area contributed by atoms with Crippen LogP contribution in [0.25, 0.3) is 11.0 Å². The highest BCUT2D eigenvalue weighted by Gasteiger charge is 2.56. The summed E-state index contributed by atoms with van der Waals surface area (Å²) in [5, 5.41) is 1.06. The van der Waals surface area contributed by atoms with Gasteiger partial charge < -0.3 is 14.8 Å². The third-order valence-electron chi connectivity index (χ3n) is 5.60. The third kappa shape index (κ3) is 1.97. The van der Waals surface area contributed by atoms with Gasteiger partial charge in [0.05, 0.1) is 10.9 Å². The van der Waals surface area contributed by atoms with Gasteiger partial charge in [-0.1, -0.05) is 13.8 Å². The van der Waals surface area contributed by atoms with Crippen molar-refractivity contribution < 1.29 is 4.79 Å². The maximum absolute atomic E-state index is 12.2. The SMILES string of the molecule is CCC(=O)N1C[C@H](C)[C@@]12CCN(c1nc(C)nc3[nH]ccc13)C2. The molecule has 0 aliphatic carbocycles. The van der Waals surface area contributed by atoms with Crippen molar-refractivity contribution in [3.8, 4) is 0 Å². The van der Waals surface area contributed by atoms with Gasteiger partial charge in [-0.15, -0.1) is 0 Å². The molecule has 2 atom stereocenters. The number of amides is 1. The van der Waals surface area contributed by atoms with Gasteiger partial charge in [0.2, 0.25) is 5.91 Å². The number of nitrogens with zero attached hydrogens (tertiary/aromatic N) is 4. The molecule has 6 heteroatoms. The minimum atomic E-state index is -0.00538. The van der Waals surface area contributed by atoms with Gasteiger partial charge in [0.25, 0.3) is 0 Å². The zero-order valence-corrected chi connectivity index (χ0v) is 14.0. The van der Waals surface area contributed by atoms with E-state index in [4.69, 9.17) is 0 Å². The predicted octanol–water partition coefficient (Wildman–Crippen LogP) is 2.10. The molecular weight excluding hydrogens is 290 g/mol. The molecule has 2 aliphatic heterocycles. The number of aryl methyl sites for hydroxylation is 1. The van der Waals surface area contributed by atoms with Crippen LogP contribution in [0.5, 0.6) is 0 Å². The number of likely N-dealkylation sites (tertiary alicyclic amines) is 1. The van der Waals surface area contributed by atoms with E-state index in [-0.39, 0.29) is 11.4 Å². The first-order valence-electron chi connectivity index (χ1n) is 8.42. The van der Waals surface area contributed by atoms with Crippen molar-refractivity contribution in [1.29, 1.82) is 0 Å². The summed E-state index contributed by atoms with van der Waals surface area (Å²) in [7, 11) is 0. The predicted molar refractivity (Wildman–Crippen MR) is 89.4 cm³/mol. The Kier molecular flexibility index (Phi) is 3.11. The first kappa shape index (κ1) is 14.5. The number of hydrogen-bond acceptors (Lipinski definition) is 4. The third-order valence-corrected chi connectivity index (χ3v) is 5.60. The van der Waals surface area contributed by atoms with E-state index in [0.29, 0.717) is 12.3 Å². The normalized spacial score (nSPS) is 27.0. The molecule has 0 aromatic carbocycles. The highest BCUT2D eigenvalue weighted by molar-refractivity contribution is 5.88. The zero-order chi connectivity index (χ0) is 16.2. The first-order valence-corrected chi connectivity index (χ1v) is 8.42. The minimum Gasteiger partial charge on any atom is -0.353 e. The molecule has 2 saturated heterocycles. The largest absolute Gasteiger partial charge is 0.353 e. The molecule has 2 aliphatic rings. The van der Waals surface area contributed by atoms with Crippen molar-refractivity contribution in [2.45, 2.75) is 39.2 Å². The Labute approximate surface area is 135 Å². The summed E-state index contributed by atoms with van der Waals surface area (Å²) < 4.78 is 0. The van der Waals surface area contributed by atoms with Gasteiger partial charge in [0, 0.05) is 32.3 Å². The Morgan fingerprint density at radius 1 is 1.48 bits per heavy atom. The van der Waals surface area contributed by atoms with Crippen LogP contribution in [0, 0.1) is 12.8 Å². The number of aromatic nitrogens is 3. The zero-order valence-electron chi connectivity index (χ0n) is 14.0. The van der Waals surface area contributed by atoms with E-state index in [0.717, 1.165) is 48.7 Å². The molecule has 2 fully saturated rings. The Balaban J connectivity index is 1.67. The van der Waals surface area contributed by atoms with E-state index in [2.05, 4.69) is 31.7 Å². The van der Waals surface area contributed by atoms with Gasteiger partial charge in [0.1, 0.15) is 17.3 Å². The average molecular weight is 313 g/mol. The van der Waals surface area contributed by atoms with Gasteiger partial charge in [-0.25, -0.2) is 9.97 Å². The lowest BCUT2D eigenvalue weighted by Crippen LogP contribution is -2.69. The van der Waals surface area contributed by atoms with Crippen LogP contribution >= 0.6 is 0 Å². The fourth-order valence-electron chi connectivity index (χ4n) is 4.22. The number of anilines is 1. The second-order valence-electron chi connectivity index (χ2n) is 6.87. The van der Waals surface area contributed by atoms with Crippen molar-refractivity contribution in [2.24, 2.45) is 5.92 Å². The molecule has 1 amide bonds. The number of nitrogens with one attached hydrogen (secondary N) is 1. The summed E-state index contributed by atoms with van der Waals surface area (Å²) in [5.41, 5.74) is 0.880. The molecule has 23 heavy (non-hydrogen) atoms. The lowest BCUT2D eigenvalue weighted by atomic mass is 9.74. The number of aromatic amines is 1. The smallest absolute Gasteiger partial charge is 0.222 e. The van der Waals surface area contributed by atoms with Crippen LogP contribution in [0.1, 0.15) is 32.5 Å². The van der Waals surface area contributed by atoms with Crippen molar-refractivity contribution in [1.82, 2.24) is 19.9 Å². The summed E-state index contributed by atoms with van der Waals surface area (Å²) in [5.74, 6) is 2.59. The Morgan fingerprint density at radius 2 is 2.30 bits per heavy atom. The maximum Gasteiger partial charge on any atom is 0.222 e.